The molecule has 1 N–H and O–H groups in total. The molecule has 1 aliphatic rings. The molecule has 0 spiro atoms. The molecule has 1 amide bonds. The van der Waals surface area contributed by atoms with Gasteiger partial charge in [-0.15, -0.1) is 11.3 Å². The lowest BCUT2D eigenvalue weighted by Gasteiger charge is -2.12. The van der Waals surface area contributed by atoms with E-state index in [1.807, 2.05) is 30.3 Å². The van der Waals surface area contributed by atoms with Crippen LogP contribution in [0.3, 0.4) is 0 Å². The Morgan fingerprint density at radius 2 is 2.00 bits per heavy atom. The van der Waals surface area contributed by atoms with Gasteiger partial charge in [-0.05, 0) is 61.1 Å². The maximum absolute atomic E-state index is 13.1. The van der Waals surface area contributed by atoms with Gasteiger partial charge in [-0.2, -0.15) is 0 Å². The Balaban J connectivity index is 1.47. The molecule has 8 heteroatoms. The van der Waals surface area contributed by atoms with Gasteiger partial charge in [0.15, 0.2) is 0 Å². The Hall–Kier alpha value is -3.39. The third kappa shape index (κ3) is 3.60. The van der Waals surface area contributed by atoms with Gasteiger partial charge in [0.2, 0.25) is 0 Å². The number of carbonyl (C=O) groups excluding carboxylic acids is 1. The van der Waals surface area contributed by atoms with Gasteiger partial charge in [0.05, 0.1) is 29.4 Å². The Bertz CT molecular complexity index is 1390. The molecule has 32 heavy (non-hydrogen) atoms. The summed E-state index contributed by atoms with van der Waals surface area (Å²) in [7, 11) is 3.53. The largest absolute Gasteiger partial charge is 0.467 e. The lowest BCUT2D eigenvalue weighted by molar-refractivity contribution is 0.0948. The summed E-state index contributed by atoms with van der Waals surface area (Å²) >= 11 is 1.60. The third-order valence-corrected chi connectivity index (χ3v) is 7.21. The SMILES string of the molecule is Cn1c(=O)n(C)c2cc(C=Nc3sc4c(c3C(=O)NCc3ccco3)CCCC4)ccc21. The van der Waals surface area contributed by atoms with Gasteiger partial charge in [0.25, 0.3) is 5.91 Å². The van der Waals surface area contributed by atoms with Gasteiger partial charge in [0, 0.05) is 25.2 Å². The first-order chi connectivity index (χ1) is 15.5. The maximum Gasteiger partial charge on any atom is 0.328 e. The van der Waals surface area contributed by atoms with Gasteiger partial charge < -0.3 is 9.73 Å². The number of aliphatic imine (C=N–C) groups is 1. The van der Waals surface area contributed by atoms with E-state index in [2.05, 4.69) is 5.32 Å². The van der Waals surface area contributed by atoms with Crippen LogP contribution in [0.15, 0.2) is 50.8 Å². The fourth-order valence-corrected chi connectivity index (χ4v) is 5.51. The molecule has 164 valence electrons. The summed E-state index contributed by atoms with van der Waals surface area (Å²) in [5.41, 5.74) is 4.36. The van der Waals surface area contributed by atoms with Crippen LogP contribution in [0.1, 0.15) is 45.0 Å². The van der Waals surface area contributed by atoms with Gasteiger partial charge in [-0.1, -0.05) is 6.07 Å². The van der Waals surface area contributed by atoms with E-state index in [0.717, 1.165) is 52.8 Å². The molecular formula is C24H24N4O3S. The number of nitrogens with zero attached hydrogens (tertiary/aromatic N) is 3. The molecule has 0 radical (unpaired) electrons. The van der Waals surface area contributed by atoms with E-state index >= 15 is 0 Å². The van der Waals surface area contributed by atoms with Crippen LogP contribution in [0.2, 0.25) is 0 Å². The van der Waals surface area contributed by atoms with Crippen molar-refractivity contribution in [1.29, 1.82) is 0 Å². The van der Waals surface area contributed by atoms with Crippen LogP contribution in [0, 0.1) is 0 Å². The summed E-state index contributed by atoms with van der Waals surface area (Å²) in [6.45, 7) is 0.346. The number of imidazole rings is 1. The first-order valence-electron chi connectivity index (χ1n) is 10.7. The van der Waals surface area contributed by atoms with Crippen LogP contribution in [-0.4, -0.2) is 21.3 Å². The summed E-state index contributed by atoms with van der Waals surface area (Å²) < 4.78 is 8.60. The molecular weight excluding hydrogens is 424 g/mol. The van der Waals surface area contributed by atoms with Crippen molar-refractivity contribution in [3.05, 3.63) is 74.4 Å². The fraction of sp³-hybridized carbons (Fsp3) is 0.292. The number of aryl methyl sites for hydroxylation is 3. The van der Waals surface area contributed by atoms with Crippen molar-refractivity contribution < 1.29 is 9.21 Å². The molecule has 0 unspecified atom stereocenters. The molecule has 1 aliphatic carbocycles. The van der Waals surface area contributed by atoms with Crippen LogP contribution >= 0.6 is 11.3 Å². The topological polar surface area (TPSA) is 81.5 Å². The molecule has 5 rings (SSSR count). The van der Waals surface area contributed by atoms with Crippen molar-refractivity contribution in [2.45, 2.75) is 32.2 Å². The number of fused-ring (bicyclic) bond motifs is 2. The van der Waals surface area contributed by atoms with Gasteiger partial charge in [0.1, 0.15) is 10.8 Å². The Kier molecular flexibility index (Phi) is 5.30. The second kappa shape index (κ2) is 8.27. The molecule has 0 fully saturated rings. The molecule has 0 saturated heterocycles. The minimum absolute atomic E-state index is 0.0597. The van der Waals surface area contributed by atoms with E-state index in [1.165, 1.54) is 4.88 Å². The zero-order valence-corrected chi connectivity index (χ0v) is 18.9. The molecule has 0 atom stereocenters. The number of hydrogen-bond donors (Lipinski definition) is 1. The van der Waals surface area contributed by atoms with Crippen LogP contribution in [0.25, 0.3) is 11.0 Å². The van der Waals surface area contributed by atoms with Gasteiger partial charge >= 0.3 is 5.69 Å². The zero-order chi connectivity index (χ0) is 22.2. The lowest BCUT2D eigenvalue weighted by Crippen LogP contribution is -2.23. The number of thiophene rings is 1. The maximum atomic E-state index is 13.1. The number of hydrogen-bond acceptors (Lipinski definition) is 5. The van der Waals surface area contributed by atoms with Crippen LogP contribution in [0.4, 0.5) is 5.00 Å². The predicted octanol–water partition coefficient (Wildman–Crippen LogP) is 4.09. The molecule has 3 heterocycles. The van der Waals surface area contributed by atoms with Crippen LogP contribution in [0.5, 0.6) is 0 Å². The highest BCUT2D eigenvalue weighted by Crippen LogP contribution is 2.39. The fourth-order valence-electron chi connectivity index (χ4n) is 4.28. The van der Waals surface area contributed by atoms with Crippen molar-refractivity contribution in [2.75, 3.05) is 0 Å². The number of aromatic nitrogens is 2. The summed E-state index contributed by atoms with van der Waals surface area (Å²) in [5.74, 6) is 0.600. The highest BCUT2D eigenvalue weighted by Gasteiger charge is 2.25. The Morgan fingerprint density at radius 1 is 1.19 bits per heavy atom. The van der Waals surface area contributed by atoms with Crippen LogP contribution in [-0.2, 0) is 33.5 Å². The molecule has 3 aromatic heterocycles. The molecule has 1 aromatic carbocycles. The van der Waals surface area contributed by atoms with Crippen molar-refractivity contribution in [1.82, 2.24) is 14.5 Å². The van der Waals surface area contributed by atoms with Crippen LogP contribution < -0.4 is 11.0 Å². The Labute approximate surface area is 189 Å². The monoisotopic (exact) mass is 448 g/mol. The second-order valence-electron chi connectivity index (χ2n) is 8.06. The first kappa shape index (κ1) is 20.5. The number of furan rings is 1. The van der Waals surface area contributed by atoms with Crippen molar-refractivity contribution in [3.8, 4) is 0 Å². The summed E-state index contributed by atoms with van der Waals surface area (Å²) in [6.07, 6.45) is 7.50. The number of carbonyl (C=O) groups is 1. The molecule has 0 saturated carbocycles. The average molecular weight is 449 g/mol. The molecule has 7 nitrogen and oxygen atoms in total. The molecule has 4 aromatic rings. The van der Waals surface area contributed by atoms with Crippen molar-refractivity contribution in [2.24, 2.45) is 19.1 Å². The van der Waals surface area contributed by atoms with Gasteiger partial charge in [-0.3, -0.25) is 13.9 Å². The highest BCUT2D eigenvalue weighted by molar-refractivity contribution is 7.16. The number of benzene rings is 1. The van der Waals surface area contributed by atoms with E-state index in [1.54, 1.807) is 47.0 Å². The number of amides is 1. The smallest absolute Gasteiger partial charge is 0.328 e. The van der Waals surface area contributed by atoms with E-state index in [0.29, 0.717) is 17.9 Å². The second-order valence-corrected chi connectivity index (χ2v) is 9.14. The lowest BCUT2D eigenvalue weighted by atomic mass is 9.95. The average Bonchev–Trinajstić information content (AvgIpc) is 3.51. The molecule has 0 aliphatic heterocycles. The minimum Gasteiger partial charge on any atom is -0.467 e. The Morgan fingerprint density at radius 3 is 2.81 bits per heavy atom. The molecule has 0 bridgehead atoms. The van der Waals surface area contributed by atoms with Crippen molar-refractivity contribution in [3.63, 3.8) is 0 Å². The summed E-state index contributed by atoms with van der Waals surface area (Å²) in [4.78, 5) is 31.3. The van der Waals surface area contributed by atoms with Gasteiger partial charge in [-0.25, -0.2) is 9.79 Å². The first-order valence-corrected chi connectivity index (χ1v) is 11.5. The number of nitrogens with one attached hydrogen (secondary N) is 1. The quantitative estimate of drug-likeness (QED) is 0.467. The summed E-state index contributed by atoms with van der Waals surface area (Å²) in [6, 6.07) is 9.47. The standard InChI is InChI=1S/C24H24N4O3S/c1-27-18-10-9-15(12-19(18)28(2)24(27)30)13-26-23-21(17-7-3-4-8-20(17)32-23)22(29)25-14-16-6-5-11-31-16/h5-6,9-13H,3-4,7-8,14H2,1-2H3,(H,25,29). The van der Waals surface area contributed by atoms with E-state index in [4.69, 9.17) is 9.41 Å². The highest BCUT2D eigenvalue weighted by atomic mass is 32.1. The van der Waals surface area contributed by atoms with E-state index < -0.39 is 0 Å². The predicted molar refractivity (Wildman–Crippen MR) is 126 cm³/mol. The minimum atomic E-state index is -0.117. The van der Waals surface area contributed by atoms with E-state index in [-0.39, 0.29) is 11.6 Å². The third-order valence-electron chi connectivity index (χ3n) is 6.01. The van der Waals surface area contributed by atoms with E-state index in [9.17, 15) is 9.59 Å². The number of rotatable bonds is 5. The summed E-state index contributed by atoms with van der Waals surface area (Å²) in [5, 5.41) is 3.71. The van der Waals surface area contributed by atoms with Crippen molar-refractivity contribution >= 4 is 39.5 Å². The zero-order valence-electron chi connectivity index (χ0n) is 18.1. The normalized spacial score (nSPS) is 13.7.